The molecule has 26 heavy (non-hydrogen) atoms. The van der Waals surface area contributed by atoms with Gasteiger partial charge in [0.25, 0.3) is 0 Å². The van der Waals surface area contributed by atoms with Crippen LogP contribution in [-0.4, -0.2) is 34.1 Å². The fourth-order valence-corrected chi connectivity index (χ4v) is 2.69. The first kappa shape index (κ1) is 19.7. The van der Waals surface area contributed by atoms with Crippen LogP contribution in [0.2, 0.25) is 0 Å². The zero-order chi connectivity index (χ0) is 18.8. The Morgan fingerprint density at radius 2 is 1.73 bits per heavy atom. The van der Waals surface area contributed by atoms with Gasteiger partial charge in [0.05, 0.1) is 0 Å². The fourth-order valence-electron chi connectivity index (χ4n) is 1.94. The third-order valence-electron chi connectivity index (χ3n) is 3.29. The molecule has 2 aromatic carbocycles. The van der Waals surface area contributed by atoms with Gasteiger partial charge in [-0.25, -0.2) is 13.1 Å². The van der Waals surface area contributed by atoms with Crippen molar-refractivity contribution >= 4 is 22.1 Å². The molecular formula is C19H21NO5S. The Hall–Kier alpha value is -2.64. The molecule has 0 saturated heterocycles. The van der Waals surface area contributed by atoms with E-state index in [9.17, 15) is 13.2 Å². The van der Waals surface area contributed by atoms with Crippen molar-refractivity contribution in [3.05, 3.63) is 71.1 Å². The van der Waals surface area contributed by atoms with Crippen LogP contribution >= 0.6 is 0 Å². The van der Waals surface area contributed by atoms with Crippen LogP contribution in [0.5, 0.6) is 5.75 Å². The van der Waals surface area contributed by atoms with Crippen LogP contribution in [0.4, 0.5) is 0 Å². The maximum Gasteiger partial charge on any atom is 0.321 e. The SMILES string of the molecule is Cc1ccc(OCCOC(=O)CNS(=O)(=O)/C=C/c2ccccc2)cc1. The predicted octanol–water partition coefficient (Wildman–Crippen LogP) is 2.51. The number of nitrogens with one attached hydrogen (secondary N) is 1. The van der Waals surface area contributed by atoms with E-state index in [0.717, 1.165) is 16.5 Å². The molecule has 0 spiro atoms. The third-order valence-corrected chi connectivity index (χ3v) is 4.33. The summed E-state index contributed by atoms with van der Waals surface area (Å²) in [6, 6.07) is 16.5. The molecule has 0 aromatic heterocycles. The fraction of sp³-hybridized carbons (Fsp3) is 0.211. The molecule has 0 amide bonds. The Bertz CT molecular complexity index is 830. The first-order valence-electron chi connectivity index (χ1n) is 8.02. The van der Waals surface area contributed by atoms with E-state index in [0.29, 0.717) is 5.75 Å². The molecule has 0 saturated carbocycles. The lowest BCUT2D eigenvalue weighted by Crippen LogP contribution is -2.30. The zero-order valence-corrected chi connectivity index (χ0v) is 15.2. The van der Waals surface area contributed by atoms with Gasteiger partial charge in [-0.2, -0.15) is 0 Å². The van der Waals surface area contributed by atoms with Gasteiger partial charge >= 0.3 is 5.97 Å². The molecule has 2 rings (SSSR count). The number of rotatable bonds is 9. The molecule has 0 aliphatic rings. The van der Waals surface area contributed by atoms with Gasteiger partial charge in [0.2, 0.25) is 10.0 Å². The topological polar surface area (TPSA) is 81.7 Å². The molecular weight excluding hydrogens is 354 g/mol. The van der Waals surface area contributed by atoms with Crippen molar-refractivity contribution in [2.24, 2.45) is 0 Å². The Morgan fingerprint density at radius 1 is 1.04 bits per heavy atom. The van der Waals surface area contributed by atoms with E-state index in [4.69, 9.17) is 9.47 Å². The van der Waals surface area contributed by atoms with Gasteiger partial charge in [0.1, 0.15) is 25.5 Å². The Balaban J connectivity index is 1.67. The summed E-state index contributed by atoms with van der Waals surface area (Å²) in [5.41, 5.74) is 1.87. The third kappa shape index (κ3) is 7.50. The second kappa shape index (κ2) is 9.74. The monoisotopic (exact) mass is 375 g/mol. The molecule has 0 heterocycles. The summed E-state index contributed by atoms with van der Waals surface area (Å²) < 4.78 is 36.2. The molecule has 0 aliphatic heterocycles. The summed E-state index contributed by atoms with van der Waals surface area (Å²) in [5, 5.41) is 1.01. The quantitative estimate of drug-likeness (QED) is 0.538. The van der Waals surface area contributed by atoms with Crippen molar-refractivity contribution in [3.8, 4) is 5.75 Å². The van der Waals surface area contributed by atoms with E-state index in [1.807, 2.05) is 37.3 Å². The lowest BCUT2D eigenvalue weighted by molar-refractivity contribution is -0.142. The molecule has 1 N–H and O–H groups in total. The smallest absolute Gasteiger partial charge is 0.321 e. The molecule has 0 atom stereocenters. The zero-order valence-electron chi connectivity index (χ0n) is 14.4. The van der Waals surface area contributed by atoms with Gasteiger partial charge in [-0.05, 0) is 30.7 Å². The van der Waals surface area contributed by atoms with E-state index >= 15 is 0 Å². The van der Waals surface area contributed by atoms with E-state index in [1.165, 1.54) is 6.08 Å². The standard InChI is InChI=1S/C19H21NO5S/c1-16-7-9-18(10-8-16)24-12-13-25-19(21)15-20-26(22,23)14-11-17-5-3-2-4-6-17/h2-11,14,20H,12-13,15H2,1H3/b14-11+. The molecule has 0 aliphatic carbocycles. The summed E-state index contributed by atoms with van der Waals surface area (Å²) in [6.07, 6.45) is 1.45. The summed E-state index contributed by atoms with van der Waals surface area (Å²) in [7, 11) is -3.72. The molecule has 2 aromatic rings. The molecule has 7 heteroatoms. The Morgan fingerprint density at radius 3 is 2.42 bits per heavy atom. The largest absolute Gasteiger partial charge is 0.490 e. The van der Waals surface area contributed by atoms with E-state index < -0.39 is 22.5 Å². The van der Waals surface area contributed by atoms with Gasteiger partial charge in [-0.3, -0.25) is 4.79 Å². The maximum atomic E-state index is 11.8. The number of carbonyl (C=O) groups is 1. The maximum absolute atomic E-state index is 11.8. The number of sulfonamides is 1. The van der Waals surface area contributed by atoms with Gasteiger partial charge < -0.3 is 9.47 Å². The average Bonchev–Trinajstić information content (AvgIpc) is 2.64. The van der Waals surface area contributed by atoms with Crippen LogP contribution in [-0.2, 0) is 19.6 Å². The van der Waals surface area contributed by atoms with Crippen LogP contribution in [0.25, 0.3) is 6.08 Å². The van der Waals surface area contributed by atoms with Crippen molar-refractivity contribution in [3.63, 3.8) is 0 Å². The molecule has 0 radical (unpaired) electrons. The normalized spacial score (nSPS) is 11.4. The summed E-state index contributed by atoms with van der Waals surface area (Å²) in [4.78, 5) is 11.6. The average molecular weight is 375 g/mol. The van der Waals surface area contributed by atoms with Crippen LogP contribution in [0.1, 0.15) is 11.1 Å². The molecule has 0 bridgehead atoms. The highest BCUT2D eigenvalue weighted by Crippen LogP contribution is 2.10. The van der Waals surface area contributed by atoms with Gasteiger partial charge in [-0.1, -0.05) is 48.0 Å². The second-order valence-corrected chi connectivity index (χ2v) is 7.11. The highest BCUT2D eigenvalue weighted by Gasteiger charge is 2.09. The predicted molar refractivity (Wildman–Crippen MR) is 100 cm³/mol. The molecule has 0 fully saturated rings. The molecule has 0 unspecified atom stereocenters. The van der Waals surface area contributed by atoms with E-state index in [-0.39, 0.29) is 13.2 Å². The number of carbonyl (C=O) groups excluding carboxylic acids is 1. The van der Waals surface area contributed by atoms with Crippen molar-refractivity contribution in [2.75, 3.05) is 19.8 Å². The van der Waals surface area contributed by atoms with E-state index in [1.54, 1.807) is 24.3 Å². The Kier molecular flexibility index (Phi) is 7.37. The number of benzene rings is 2. The minimum atomic E-state index is -3.72. The minimum absolute atomic E-state index is 0.0360. The molecule has 6 nitrogen and oxygen atoms in total. The number of hydrogen-bond donors (Lipinski definition) is 1. The van der Waals surface area contributed by atoms with Gasteiger partial charge in [0.15, 0.2) is 0 Å². The van der Waals surface area contributed by atoms with Crippen LogP contribution in [0.15, 0.2) is 60.0 Å². The Labute approximate surface area is 153 Å². The van der Waals surface area contributed by atoms with E-state index in [2.05, 4.69) is 4.72 Å². The first-order chi connectivity index (χ1) is 12.4. The minimum Gasteiger partial charge on any atom is -0.490 e. The lowest BCUT2D eigenvalue weighted by atomic mass is 10.2. The number of ether oxygens (including phenoxy) is 2. The van der Waals surface area contributed by atoms with Crippen LogP contribution in [0, 0.1) is 6.92 Å². The van der Waals surface area contributed by atoms with Crippen LogP contribution < -0.4 is 9.46 Å². The van der Waals surface area contributed by atoms with Crippen molar-refractivity contribution in [1.82, 2.24) is 4.72 Å². The number of hydrogen-bond acceptors (Lipinski definition) is 5. The highest BCUT2D eigenvalue weighted by atomic mass is 32.2. The van der Waals surface area contributed by atoms with Crippen molar-refractivity contribution in [1.29, 1.82) is 0 Å². The van der Waals surface area contributed by atoms with Gasteiger partial charge in [-0.15, -0.1) is 0 Å². The van der Waals surface area contributed by atoms with Gasteiger partial charge in [0, 0.05) is 5.41 Å². The summed E-state index contributed by atoms with van der Waals surface area (Å²) in [5.74, 6) is 0.00703. The number of aryl methyl sites for hydroxylation is 1. The number of esters is 1. The second-order valence-electron chi connectivity index (χ2n) is 5.46. The summed E-state index contributed by atoms with van der Waals surface area (Å²) >= 11 is 0. The van der Waals surface area contributed by atoms with Crippen molar-refractivity contribution < 1.29 is 22.7 Å². The van der Waals surface area contributed by atoms with Crippen molar-refractivity contribution in [2.45, 2.75) is 6.92 Å². The molecule has 138 valence electrons. The lowest BCUT2D eigenvalue weighted by Gasteiger charge is -2.08. The van der Waals surface area contributed by atoms with Crippen LogP contribution in [0.3, 0.4) is 0 Å². The summed E-state index contributed by atoms with van der Waals surface area (Å²) in [6.45, 7) is 1.76. The highest BCUT2D eigenvalue weighted by molar-refractivity contribution is 7.92. The first-order valence-corrected chi connectivity index (χ1v) is 9.57.